The summed E-state index contributed by atoms with van der Waals surface area (Å²) in [4.78, 5) is 26.0. The fourth-order valence-electron chi connectivity index (χ4n) is 1.75. The van der Waals surface area contributed by atoms with Gasteiger partial charge >= 0.3 is 5.97 Å². The fourth-order valence-corrected chi connectivity index (χ4v) is 2.27. The van der Waals surface area contributed by atoms with E-state index in [0.717, 1.165) is 5.01 Å². The number of amides is 1. The largest absolute Gasteiger partial charge is 0.486 e. The van der Waals surface area contributed by atoms with E-state index in [1.165, 1.54) is 23.5 Å². The highest BCUT2D eigenvalue weighted by molar-refractivity contribution is 7.09. The molecule has 8 nitrogen and oxygen atoms in total. The SMILES string of the molecule is N=C(C(N)=O)c1cc(OCc2nccs2)ccc1NCC(=O)O. The molecule has 0 saturated heterocycles. The molecule has 1 aromatic heterocycles. The molecule has 0 aliphatic rings. The topological polar surface area (TPSA) is 138 Å². The lowest BCUT2D eigenvalue weighted by Gasteiger charge is -2.12. The molecule has 2 rings (SSSR count). The first kappa shape index (κ1) is 16.4. The number of nitrogens with one attached hydrogen (secondary N) is 2. The van der Waals surface area contributed by atoms with E-state index in [4.69, 9.17) is 21.0 Å². The highest BCUT2D eigenvalue weighted by Crippen LogP contribution is 2.23. The normalized spacial score (nSPS) is 10.1. The molecule has 0 atom stereocenters. The summed E-state index contributed by atoms with van der Waals surface area (Å²) < 4.78 is 5.56. The molecule has 0 radical (unpaired) electrons. The van der Waals surface area contributed by atoms with Crippen LogP contribution < -0.4 is 15.8 Å². The van der Waals surface area contributed by atoms with E-state index in [1.54, 1.807) is 12.3 Å². The van der Waals surface area contributed by atoms with Crippen LogP contribution in [0.5, 0.6) is 5.75 Å². The predicted molar refractivity (Wildman–Crippen MR) is 85.0 cm³/mol. The zero-order chi connectivity index (χ0) is 16.8. The maximum absolute atomic E-state index is 11.3. The lowest BCUT2D eigenvalue weighted by atomic mass is 10.1. The van der Waals surface area contributed by atoms with Crippen molar-refractivity contribution < 1.29 is 19.4 Å². The zero-order valence-electron chi connectivity index (χ0n) is 11.9. The van der Waals surface area contributed by atoms with E-state index < -0.39 is 17.6 Å². The summed E-state index contributed by atoms with van der Waals surface area (Å²) in [6.45, 7) is -0.0960. The summed E-state index contributed by atoms with van der Waals surface area (Å²) in [5, 5.41) is 21.7. The van der Waals surface area contributed by atoms with Gasteiger partial charge in [-0.2, -0.15) is 0 Å². The summed E-state index contributed by atoms with van der Waals surface area (Å²) in [7, 11) is 0. The van der Waals surface area contributed by atoms with Crippen molar-refractivity contribution in [1.29, 1.82) is 5.41 Å². The average Bonchev–Trinajstić information content (AvgIpc) is 3.03. The Bertz CT molecular complexity index is 730. The molecular weight excluding hydrogens is 320 g/mol. The molecule has 9 heteroatoms. The van der Waals surface area contributed by atoms with Crippen LogP contribution >= 0.6 is 11.3 Å². The van der Waals surface area contributed by atoms with Crippen molar-refractivity contribution in [1.82, 2.24) is 4.98 Å². The standard InChI is InChI=1S/C14H14N4O4S/c15-13(14(16)21)9-5-8(22-7-11-17-3-4-23-11)1-2-10(9)18-6-12(19)20/h1-5,15,18H,6-7H2,(H2,16,21)(H,19,20). The van der Waals surface area contributed by atoms with Crippen LogP contribution in [-0.4, -0.2) is 34.2 Å². The third-order valence-corrected chi connectivity index (χ3v) is 3.54. The molecule has 1 aromatic carbocycles. The molecule has 0 bridgehead atoms. The number of ether oxygens (including phenoxy) is 1. The Morgan fingerprint density at radius 3 is 2.83 bits per heavy atom. The van der Waals surface area contributed by atoms with E-state index in [9.17, 15) is 9.59 Å². The van der Waals surface area contributed by atoms with Crippen LogP contribution in [0.25, 0.3) is 0 Å². The van der Waals surface area contributed by atoms with Crippen LogP contribution in [0.2, 0.25) is 0 Å². The lowest BCUT2D eigenvalue weighted by Crippen LogP contribution is -2.25. The van der Waals surface area contributed by atoms with Crippen molar-refractivity contribution >= 4 is 34.6 Å². The van der Waals surface area contributed by atoms with E-state index in [1.807, 2.05) is 5.38 Å². The number of carboxylic acids is 1. The number of carboxylic acid groups (broad SMARTS) is 1. The molecule has 0 unspecified atom stereocenters. The Morgan fingerprint density at radius 2 is 2.22 bits per heavy atom. The minimum absolute atomic E-state index is 0.176. The average molecular weight is 334 g/mol. The van der Waals surface area contributed by atoms with Crippen LogP contribution in [0.4, 0.5) is 5.69 Å². The van der Waals surface area contributed by atoms with Gasteiger partial charge < -0.3 is 20.9 Å². The number of aliphatic carboxylic acids is 1. The van der Waals surface area contributed by atoms with Gasteiger partial charge in [-0.1, -0.05) is 0 Å². The Labute approximate surface area is 135 Å². The number of carbonyl (C=O) groups excluding carboxylic acids is 1. The molecule has 0 fully saturated rings. The van der Waals surface area contributed by atoms with Gasteiger partial charge in [0.2, 0.25) is 0 Å². The van der Waals surface area contributed by atoms with Crippen LogP contribution in [-0.2, 0) is 16.2 Å². The Hall–Kier alpha value is -2.94. The second kappa shape index (κ2) is 7.36. The van der Waals surface area contributed by atoms with Gasteiger partial charge in [0.25, 0.3) is 5.91 Å². The number of carbonyl (C=O) groups is 2. The number of hydrogen-bond acceptors (Lipinski definition) is 7. The van der Waals surface area contributed by atoms with Crippen molar-refractivity contribution in [2.45, 2.75) is 6.61 Å². The maximum Gasteiger partial charge on any atom is 0.322 e. The quantitative estimate of drug-likeness (QED) is 0.533. The molecule has 5 N–H and O–H groups in total. The molecule has 1 amide bonds. The van der Waals surface area contributed by atoms with Gasteiger partial charge in [0.15, 0.2) is 0 Å². The maximum atomic E-state index is 11.3. The first-order valence-corrected chi connectivity index (χ1v) is 7.35. The highest BCUT2D eigenvalue weighted by atomic mass is 32.1. The number of thiazole rings is 1. The Kier molecular flexibility index (Phi) is 5.26. The molecule has 23 heavy (non-hydrogen) atoms. The summed E-state index contributed by atoms with van der Waals surface area (Å²) in [6.07, 6.45) is 1.66. The van der Waals surface area contributed by atoms with E-state index in [2.05, 4.69) is 10.3 Å². The van der Waals surface area contributed by atoms with Gasteiger partial charge in [-0.3, -0.25) is 15.0 Å². The van der Waals surface area contributed by atoms with Gasteiger partial charge in [0.05, 0.1) is 0 Å². The third-order valence-electron chi connectivity index (χ3n) is 2.78. The molecule has 0 spiro atoms. The first-order chi connectivity index (χ1) is 11.0. The number of benzene rings is 1. The Balaban J connectivity index is 2.21. The molecule has 0 saturated carbocycles. The predicted octanol–water partition coefficient (Wildman–Crippen LogP) is 1.07. The number of nitrogens with zero attached hydrogens (tertiary/aromatic N) is 1. The van der Waals surface area contributed by atoms with Gasteiger partial charge in [0.1, 0.15) is 29.6 Å². The first-order valence-electron chi connectivity index (χ1n) is 6.47. The number of aromatic nitrogens is 1. The van der Waals surface area contributed by atoms with Crippen molar-refractivity contribution in [3.63, 3.8) is 0 Å². The van der Waals surface area contributed by atoms with E-state index in [0.29, 0.717) is 11.4 Å². The molecule has 1 heterocycles. The van der Waals surface area contributed by atoms with Crippen LogP contribution in [0, 0.1) is 5.41 Å². The second-order valence-electron chi connectivity index (χ2n) is 4.41. The molecular formula is C14H14N4O4S. The molecule has 0 aliphatic carbocycles. The van der Waals surface area contributed by atoms with E-state index >= 15 is 0 Å². The van der Waals surface area contributed by atoms with Gasteiger partial charge in [-0.15, -0.1) is 11.3 Å². The van der Waals surface area contributed by atoms with E-state index in [-0.39, 0.29) is 18.7 Å². The van der Waals surface area contributed by atoms with Crippen LogP contribution in [0.3, 0.4) is 0 Å². The highest BCUT2D eigenvalue weighted by Gasteiger charge is 2.15. The minimum atomic E-state index is -1.06. The van der Waals surface area contributed by atoms with Crippen molar-refractivity contribution in [2.24, 2.45) is 5.73 Å². The lowest BCUT2D eigenvalue weighted by molar-refractivity contribution is -0.134. The van der Waals surface area contributed by atoms with Gasteiger partial charge in [-0.25, -0.2) is 4.98 Å². The molecule has 120 valence electrons. The smallest absolute Gasteiger partial charge is 0.322 e. The number of primary amides is 1. The molecule has 2 aromatic rings. The summed E-state index contributed by atoms with van der Waals surface area (Å²) in [5.41, 5.74) is 5.20. The fraction of sp³-hybridized carbons (Fsp3) is 0.143. The minimum Gasteiger partial charge on any atom is -0.486 e. The monoisotopic (exact) mass is 334 g/mol. The van der Waals surface area contributed by atoms with Crippen LogP contribution in [0.1, 0.15) is 10.6 Å². The van der Waals surface area contributed by atoms with Gasteiger partial charge in [0, 0.05) is 22.8 Å². The number of anilines is 1. The van der Waals surface area contributed by atoms with Gasteiger partial charge in [-0.05, 0) is 18.2 Å². The zero-order valence-corrected chi connectivity index (χ0v) is 12.7. The third kappa shape index (κ3) is 4.51. The number of rotatable bonds is 8. The van der Waals surface area contributed by atoms with Crippen LogP contribution in [0.15, 0.2) is 29.8 Å². The van der Waals surface area contributed by atoms with Crippen molar-refractivity contribution in [3.8, 4) is 5.75 Å². The van der Waals surface area contributed by atoms with Crippen molar-refractivity contribution in [3.05, 3.63) is 40.3 Å². The number of nitrogens with two attached hydrogens (primary N) is 1. The summed E-state index contributed by atoms with van der Waals surface area (Å²) >= 11 is 1.44. The van der Waals surface area contributed by atoms with Crippen molar-refractivity contribution in [2.75, 3.05) is 11.9 Å². The Morgan fingerprint density at radius 1 is 1.43 bits per heavy atom. The number of hydrogen-bond donors (Lipinski definition) is 4. The summed E-state index contributed by atoms with van der Waals surface area (Å²) in [5.74, 6) is -1.56. The second-order valence-corrected chi connectivity index (χ2v) is 5.39. The molecule has 0 aliphatic heterocycles. The summed E-state index contributed by atoms with van der Waals surface area (Å²) in [6, 6.07) is 4.60.